The second kappa shape index (κ2) is 11.0. The van der Waals surface area contributed by atoms with Crippen LogP contribution in [0.5, 0.6) is 0 Å². The van der Waals surface area contributed by atoms with Crippen LogP contribution in [0.3, 0.4) is 0 Å². The topological polar surface area (TPSA) is 78.9 Å². The molecule has 0 bridgehead atoms. The van der Waals surface area contributed by atoms with Gasteiger partial charge in [0.25, 0.3) is 0 Å². The van der Waals surface area contributed by atoms with Gasteiger partial charge < -0.3 is 20.1 Å². The third-order valence-electron chi connectivity index (χ3n) is 7.50. The molecule has 1 saturated carbocycles. The number of carboxylic acid groups (broad SMARTS) is 1. The van der Waals surface area contributed by atoms with Gasteiger partial charge >= 0.3 is 5.97 Å². The maximum atomic E-state index is 14.4. The van der Waals surface area contributed by atoms with Gasteiger partial charge in [0.15, 0.2) is 0 Å². The van der Waals surface area contributed by atoms with E-state index in [1.165, 1.54) is 6.07 Å². The fourth-order valence-electron chi connectivity index (χ4n) is 5.34. The van der Waals surface area contributed by atoms with E-state index in [0.29, 0.717) is 48.8 Å². The van der Waals surface area contributed by atoms with Gasteiger partial charge in [0, 0.05) is 25.8 Å². The number of carbonyl (C=O) groups excluding carboxylic acids is 1. The highest BCUT2D eigenvalue weighted by Gasteiger charge is 2.46. The van der Waals surface area contributed by atoms with Crippen molar-refractivity contribution < 1.29 is 23.8 Å². The molecule has 36 heavy (non-hydrogen) atoms. The second-order valence-electron chi connectivity index (χ2n) is 10.7. The number of anilines is 2. The summed E-state index contributed by atoms with van der Waals surface area (Å²) < 4.78 is 20.0. The third-order valence-corrected chi connectivity index (χ3v) is 7.50. The first kappa shape index (κ1) is 26.1. The Morgan fingerprint density at radius 1 is 1.17 bits per heavy atom. The SMILES string of the molecule is Cc1ccc(CC(=O)Nc2cc(C3(C(=O)O)CCC3)ccc2N(CC(C)C)C2CCOCC2)c(F)c1. The molecule has 7 heteroatoms. The van der Waals surface area contributed by atoms with Crippen LogP contribution >= 0.6 is 0 Å². The molecule has 0 unspecified atom stereocenters. The number of rotatable bonds is 9. The van der Waals surface area contributed by atoms with Gasteiger partial charge in [-0.05, 0) is 73.4 Å². The van der Waals surface area contributed by atoms with Crippen molar-refractivity contribution in [2.75, 3.05) is 30.0 Å². The molecule has 2 aromatic rings. The van der Waals surface area contributed by atoms with E-state index >= 15 is 0 Å². The minimum absolute atomic E-state index is 0.0959. The lowest BCUT2D eigenvalue weighted by atomic mass is 9.64. The van der Waals surface area contributed by atoms with Crippen LogP contribution in [0.4, 0.5) is 15.8 Å². The van der Waals surface area contributed by atoms with Gasteiger partial charge in [-0.25, -0.2) is 4.39 Å². The van der Waals surface area contributed by atoms with E-state index in [2.05, 4.69) is 24.1 Å². The first-order valence-corrected chi connectivity index (χ1v) is 13.0. The number of nitrogens with one attached hydrogen (secondary N) is 1. The van der Waals surface area contributed by atoms with Gasteiger partial charge in [0.05, 0.1) is 23.2 Å². The van der Waals surface area contributed by atoms with Crippen LogP contribution < -0.4 is 10.2 Å². The number of carboxylic acids is 1. The predicted molar refractivity (Wildman–Crippen MR) is 139 cm³/mol. The number of amides is 1. The summed E-state index contributed by atoms with van der Waals surface area (Å²) in [4.78, 5) is 27.7. The molecule has 4 rings (SSSR count). The Balaban J connectivity index is 1.70. The van der Waals surface area contributed by atoms with Crippen LogP contribution in [0, 0.1) is 18.7 Å². The van der Waals surface area contributed by atoms with Gasteiger partial charge in [-0.15, -0.1) is 0 Å². The molecule has 1 saturated heterocycles. The fraction of sp³-hybridized carbons (Fsp3) is 0.517. The molecule has 6 nitrogen and oxygen atoms in total. The maximum Gasteiger partial charge on any atom is 0.314 e. The summed E-state index contributed by atoms with van der Waals surface area (Å²) in [6, 6.07) is 10.8. The minimum Gasteiger partial charge on any atom is -0.481 e. The Labute approximate surface area is 212 Å². The predicted octanol–water partition coefficient (Wildman–Crippen LogP) is 5.46. The average Bonchev–Trinajstić information content (AvgIpc) is 2.79. The zero-order valence-corrected chi connectivity index (χ0v) is 21.5. The highest BCUT2D eigenvalue weighted by molar-refractivity contribution is 5.96. The van der Waals surface area contributed by atoms with Crippen molar-refractivity contribution >= 4 is 23.3 Å². The molecule has 0 atom stereocenters. The highest BCUT2D eigenvalue weighted by atomic mass is 19.1. The van der Waals surface area contributed by atoms with Crippen LogP contribution in [0.15, 0.2) is 36.4 Å². The molecular weight excluding hydrogens is 459 g/mol. The Kier molecular flexibility index (Phi) is 7.98. The normalized spacial score (nSPS) is 17.5. The molecule has 2 fully saturated rings. The fourth-order valence-corrected chi connectivity index (χ4v) is 5.34. The minimum atomic E-state index is -0.914. The van der Waals surface area contributed by atoms with E-state index in [9.17, 15) is 19.1 Å². The van der Waals surface area contributed by atoms with E-state index in [-0.39, 0.29) is 18.4 Å². The lowest BCUT2D eigenvalue weighted by Crippen LogP contribution is -2.43. The number of benzene rings is 2. The van der Waals surface area contributed by atoms with Gasteiger partial charge in [-0.1, -0.05) is 38.5 Å². The Morgan fingerprint density at radius 2 is 1.89 bits per heavy atom. The average molecular weight is 497 g/mol. The van der Waals surface area contributed by atoms with E-state index in [1.807, 2.05) is 25.1 Å². The molecule has 1 aliphatic carbocycles. The molecule has 0 spiro atoms. The van der Waals surface area contributed by atoms with E-state index in [4.69, 9.17) is 4.74 Å². The van der Waals surface area contributed by atoms with Crippen molar-refractivity contribution in [1.29, 1.82) is 0 Å². The molecule has 0 aromatic heterocycles. The summed E-state index contributed by atoms with van der Waals surface area (Å²) in [6.07, 6.45) is 3.70. The molecule has 1 aliphatic heterocycles. The summed E-state index contributed by atoms with van der Waals surface area (Å²) in [7, 11) is 0. The summed E-state index contributed by atoms with van der Waals surface area (Å²) in [5.74, 6) is -1.17. The lowest BCUT2D eigenvalue weighted by Gasteiger charge is -2.40. The Hall–Kier alpha value is -2.93. The number of hydrogen-bond donors (Lipinski definition) is 2. The second-order valence-corrected chi connectivity index (χ2v) is 10.7. The summed E-state index contributed by atoms with van der Waals surface area (Å²) in [5.41, 5.74) is 2.38. The van der Waals surface area contributed by atoms with Crippen molar-refractivity contribution in [2.45, 2.75) is 70.8 Å². The van der Waals surface area contributed by atoms with Gasteiger partial charge in [0.1, 0.15) is 5.82 Å². The molecule has 1 heterocycles. The lowest BCUT2D eigenvalue weighted by molar-refractivity contribution is -0.147. The highest BCUT2D eigenvalue weighted by Crippen LogP contribution is 2.46. The van der Waals surface area contributed by atoms with Gasteiger partial charge in [0.2, 0.25) is 5.91 Å². The third kappa shape index (κ3) is 5.56. The van der Waals surface area contributed by atoms with Crippen molar-refractivity contribution in [3.05, 3.63) is 58.9 Å². The number of aryl methyl sites for hydroxylation is 1. The van der Waals surface area contributed by atoms with E-state index in [1.54, 1.807) is 12.1 Å². The standard InChI is InChI=1S/C29H37FN2O4/c1-19(2)18-32(23-9-13-36-14-10-23)26-8-7-22(29(28(34)35)11-4-12-29)17-25(26)31-27(33)16-21-6-5-20(3)15-24(21)30/h5-8,15,17,19,23H,4,9-14,16,18H2,1-3H3,(H,31,33)(H,34,35). The smallest absolute Gasteiger partial charge is 0.314 e. The molecule has 194 valence electrons. The quantitative estimate of drug-likeness (QED) is 0.482. The van der Waals surface area contributed by atoms with Crippen LogP contribution in [0.2, 0.25) is 0 Å². The van der Waals surface area contributed by atoms with Gasteiger partial charge in [-0.2, -0.15) is 0 Å². The van der Waals surface area contributed by atoms with Crippen molar-refractivity contribution in [2.24, 2.45) is 5.92 Å². The first-order valence-electron chi connectivity index (χ1n) is 13.0. The van der Waals surface area contributed by atoms with Crippen LogP contribution in [-0.4, -0.2) is 42.8 Å². The monoisotopic (exact) mass is 496 g/mol. The van der Waals surface area contributed by atoms with E-state index < -0.39 is 17.2 Å². The van der Waals surface area contributed by atoms with Crippen LogP contribution in [0.25, 0.3) is 0 Å². The largest absolute Gasteiger partial charge is 0.481 e. The number of hydrogen-bond acceptors (Lipinski definition) is 4. The molecule has 2 aromatic carbocycles. The van der Waals surface area contributed by atoms with Crippen LogP contribution in [0.1, 0.15) is 62.6 Å². The molecule has 1 amide bonds. The summed E-state index contributed by atoms with van der Waals surface area (Å²) in [5, 5.41) is 13.0. The van der Waals surface area contributed by atoms with Crippen molar-refractivity contribution in [1.82, 2.24) is 0 Å². The molecule has 0 radical (unpaired) electrons. The Bertz CT molecular complexity index is 1110. The molecular formula is C29H37FN2O4. The maximum absolute atomic E-state index is 14.4. The van der Waals surface area contributed by atoms with Gasteiger partial charge in [-0.3, -0.25) is 9.59 Å². The summed E-state index contributed by atoms with van der Waals surface area (Å²) >= 11 is 0. The van der Waals surface area contributed by atoms with E-state index in [0.717, 1.165) is 37.1 Å². The number of ether oxygens (including phenoxy) is 1. The molecule has 2 aliphatic rings. The zero-order valence-electron chi connectivity index (χ0n) is 21.5. The summed E-state index contributed by atoms with van der Waals surface area (Å²) in [6.45, 7) is 8.30. The number of halogens is 1. The van der Waals surface area contributed by atoms with Crippen molar-refractivity contribution in [3.63, 3.8) is 0 Å². The number of carbonyl (C=O) groups is 2. The molecule has 2 N–H and O–H groups in total. The first-order chi connectivity index (χ1) is 17.2. The Morgan fingerprint density at radius 3 is 2.47 bits per heavy atom. The number of nitrogens with zero attached hydrogens (tertiary/aromatic N) is 1. The van der Waals surface area contributed by atoms with Crippen LogP contribution in [-0.2, 0) is 26.2 Å². The number of aliphatic carboxylic acids is 1. The van der Waals surface area contributed by atoms with Crippen molar-refractivity contribution in [3.8, 4) is 0 Å². The zero-order chi connectivity index (χ0) is 25.9.